The molecule has 0 N–H and O–H groups in total. The van der Waals surface area contributed by atoms with Gasteiger partial charge in [0, 0.05) is 5.56 Å². The molecule has 1 atom stereocenters. The first kappa shape index (κ1) is 15.2. The summed E-state index contributed by atoms with van der Waals surface area (Å²) in [5, 5.41) is 0. The molecule has 0 amide bonds. The van der Waals surface area contributed by atoms with E-state index >= 15 is 0 Å². The fourth-order valence-electron chi connectivity index (χ4n) is 1.96. The van der Waals surface area contributed by atoms with Crippen molar-refractivity contribution in [1.82, 2.24) is 0 Å². The first-order valence-corrected chi connectivity index (χ1v) is 7.40. The third-order valence-electron chi connectivity index (χ3n) is 3.10. The third kappa shape index (κ3) is 3.11. The Kier molecular flexibility index (Phi) is 3.79. The van der Waals surface area contributed by atoms with Crippen LogP contribution in [0, 0.1) is 0 Å². The van der Waals surface area contributed by atoms with E-state index in [1.165, 1.54) is 6.07 Å². The second kappa shape index (κ2) is 4.98. The molecule has 2 nitrogen and oxygen atoms in total. The van der Waals surface area contributed by atoms with E-state index < -0.39 is 27.5 Å². The molecular formula is C14H16F3NOS. The van der Waals surface area contributed by atoms with Gasteiger partial charge in [0.25, 0.3) is 0 Å². The Hall–Kier alpha value is -1.17. The van der Waals surface area contributed by atoms with Gasteiger partial charge in [-0.05, 0) is 51.3 Å². The van der Waals surface area contributed by atoms with Crippen molar-refractivity contribution >= 4 is 16.7 Å². The van der Waals surface area contributed by atoms with Crippen LogP contribution in [0.3, 0.4) is 0 Å². The monoisotopic (exact) mass is 303 g/mol. The summed E-state index contributed by atoms with van der Waals surface area (Å²) < 4.78 is 53.8. The van der Waals surface area contributed by atoms with Crippen LogP contribution in [0.5, 0.6) is 0 Å². The highest BCUT2D eigenvalue weighted by Crippen LogP contribution is 2.33. The maximum Gasteiger partial charge on any atom is 0.416 e. The smallest absolute Gasteiger partial charge is 0.234 e. The molecular weight excluding hydrogens is 287 g/mol. The second-order valence-corrected chi connectivity index (χ2v) is 7.67. The molecule has 0 bridgehead atoms. The predicted molar refractivity (Wildman–Crippen MR) is 74.2 cm³/mol. The summed E-state index contributed by atoms with van der Waals surface area (Å²) in [5.41, 5.74) is 1.15. The molecule has 1 aliphatic rings. The molecule has 2 rings (SSSR count). The molecule has 0 saturated heterocycles. The first-order chi connectivity index (χ1) is 9.09. The molecule has 0 aliphatic heterocycles. The van der Waals surface area contributed by atoms with Crippen molar-refractivity contribution in [3.8, 4) is 0 Å². The second-order valence-electron chi connectivity index (χ2n) is 5.77. The van der Waals surface area contributed by atoms with E-state index in [1.807, 2.05) is 0 Å². The molecule has 110 valence electrons. The summed E-state index contributed by atoms with van der Waals surface area (Å²) >= 11 is 0. The van der Waals surface area contributed by atoms with Gasteiger partial charge >= 0.3 is 6.18 Å². The maximum absolute atomic E-state index is 12.7. The van der Waals surface area contributed by atoms with Gasteiger partial charge in [-0.1, -0.05) is 6.07 Å². The molecule has 0 radical (unpaired) electrons. The Morgan fingerprint density at radius 3 is 2.35 bits per heavy atom. The molecule has 0 aromatic heterocycles. The van der Waals surface area contributed by atoms with Gasteiger partial charge in [-0.3, -0.25) is 0 Å². The number of benzene rings is 1. The lowest BCUT2D eigenvalue weighted by atomic mass is 10.1. The van der Waals surface area contributed by atoms with Gasteiger partial charge in [0.15, 0.2) is 0 Å². The third-order valence-corrected chi connectivity index (χ3v) is 4.53. The van der Waals surface area contributed by atoms with Crippen LogP contribution in [-0.2, 0) is 23.6 Å². The highest BCUT2D eigenvalue weighted by atomic mass is 32.2. The quantitative estimate of drug-likeness (QED) is 0.773. The van der Waals surface area contributed by atoms with Crippen LogP contribution in [0.15, 0.2) is 22.6 Å². The molecule has 0 heterocycles. The van der Waals surface area contributed by atoms with Crippen LogP contribution in [0.1, 0.15) is 43.9 Å². The number of fused-ring (bicyclic) bond motifs is 1. The fraction of sp³-hybridized carbons (Fsp3) is 0.500. The number of alkyl halides is 3. The molecule has 6 heteroatoms. The molecule has 20 heavy (non-hydrogen) atoms. The summed E-state index contributed by atoms with van der Waals surface area (Å²) in [6.07, 6.45) is -3.18. The zero-order valence-electron chi connectivity index (χ0n) is 11.5. The van der Waals surface area contributed by atoms with E-state index in [-0.39, 0.29) is 0 Å². The van der Waals surface area contributed by atoms with Crippen molar-refractivity contribution in [3.63, 3.8) is 0 Å². The fourth-order valence-corrected chi connectivity index (χ4v) is 2.62. The summed E-state index contributed by atoms with van der Waals surface area (Å²) in [7, 11) is -1.46. The Balaban J connectivity index is 2.42. The highest BCUT2D eigenvalue weighted by molar-refractivity contribution is 7.85. The standard InChI is InChI=1S/C14H16F3NOS/c1-13(2,3)20(19)18-12-7-5-9-4-6-10(8-11(9)12)14(15,16)17/h4,6,8H,5,7H2,1-3H3/b18-12+. The zero-order chi connectivity index (χ0) is 15.1. The van der Waals surface area contributed by atoms with E-state index in [0.717, 1.165) is 17.7 Å². The highest BCUT2D eigenvalue weighted by Gasteiger charge is 2.32. The zero-order valence-corrected chi connectivity index (χ0v) is 12.4. The van der Waals surface area contributed by atoms with Crippen LogP contribution in [-0.4, -0.2) is 14.7 Å². The van der Waals surface area contributed by atoms with Gasteiger partial charge in [-0.25, -0.2) is 4.21 Å². The largest absolute Gasteiger partial charge is 0.416 e. The summed E-state index contributed by atoms with van der Waals surface area (Å²) in [4.78, 5) is 0. The van der Waals surface area contributed by atoms with E-state index in [2.05, 4.69) is 4.40 Å². The topological polar surface area (TPSA) is 29.4 Å². The van der Waals surface area contributed by atoms with E-state index in [0.29, 0.717) is 24.1 Å². The lowest BCUT2D eigenvalue weighted by Gasteiger charge is -2.14. The van der Waals surface area contributed by atoms with E-state index in [1.54, 1.807) is 20.8 Å². The van der Waals surface area contributed by atoms with Gasteiger partial charge in [0.05, 0.1) is 16.0 Å². The molecule has 0 spiro atoms. The van der Waals surface area contributed by atoms with Crippen molar-refractivity contribution in [2.45, 2.75) is 44.5 Å². The van der Waals surface area contributed by atoms with Gasteiger partial charge < -0.3 is 0 Å². The van der Waals surface area contributed by atoms with Gasteiger partial charge in [0.1, 0.15) is 11.0 Å². The lowest BCUT2D eigenvalue weighted by molar-refractivity contribution is -0.137. The van der Waals surface area contributed by atoms with Crippen LogP contribution < -0.4 is 0 Å². The number of hydrogen-bond acceptors (Lipinski definition) is 1. The van der Waals surface area contributed by atoms with Crippen LogP contribution >= 0.6 is 0 Å². The van der Waals surface area contributed by atoms with E-state index in [4.69, 9.17) is 0 Å². The van der Waals surface area contributed by atoms with Crippen molar-refractivity contribution < 1.29 is 17.4 Å². The van der Waals surface area contributed by atoms with Crippen molar-refractivity contribution in [2.75, 3.05) is 0 Å². The average molecular weight is 303 g/mol. The molecule has 1 aliphatic carbocycles. The molecule has 0 saturated carbocycles. The molecule has 1 aromatic rings. The van der Waals surface area contributed by atoms with Crippen LogP contribution in [0.2, 0.25) is 0 Å². The molecule has 0 fully saturated rings. The number of rotatable bonds is 1. The first-order valence-electron chi connectivity index (χ1n) is 6.29. The van der Waals surface area contributed by atoms with Crippen molar-refractivity contribution in [2.24, 2.45) is 4.40 Å². The van der Waals surface area contributed by atoms with E-state index in [9.17, 15) is 17.4 Å². The van der Waals surface area contributed by atoms with Crippen LogP contribution in [0.4, 0.5) is 13.2 Å². The van der Waals surface area contributed by atoms with Crippen molar-refractivity contribution in [3.05, 3.63) is 34.9 Å². The van der Waals surface area contributed by atoms with Crippen LogP contribution in [0.25, 0.3) is 0 Å². The Labute approximate surface area is 118 Å². The summed E-state index contributed by atoms with van der Waals surface area (Å²) in [5.74, 6) is 0. The van der Waals surface area contributed by atoms with Crippen molar-refractivity contribution in [1.29, 1.82) is 0 Å². The lowest BCUT2D eigenvalue weighted by Crippen LogP contribution is -2.20. The minimum atomic E-state index is -4.37. The molecule has 1 aromatic carbocycles. The number of halogens is 3. The number of hydrogen-bond donors (Lipinski definition) is 0. The predicted octanol–water partition coefficient (Wildman–Crippen LogP) is 3.90. The minimum absolute atomic E-state index is 0.484. The Bertz CT molecular complexity index is 585. The number of nitrogens with zero attached hydrogens (tertiary/aromatic N) is 1. The number of aryl methyl sites for hydroxylation is 1. The minimum Gasteiger partial charge on any atom is -0.234 e. The Morgan fingerprint density at radius 1 is 1.15 bits per heavy atom. The van der Waals surface area contributed by atoms with Gasteiger partial charge in [0.2, 0.25) is 0 Å². The Morgan fingerprint density at radius 2 is 1.80 bits per heavy atom. The van der Waals surface area contributed by atoms with Gasteiger partial charge in [-0.2, -0.15) is 17.6 Å². The maximum atomic E-state index is 12.7. The summed E-state index contributed by atoms with van der Waals surface area (Å²) in [6.45, 7) is 5.36. The van der Waals surface area contributed by atoms with Gasteiger partial charge in [-0.15, -0.1) is 0 Å². The normalized spacial score (nSPS) is 19.2. The summed E-state index contributed by atoms with van der Waals surface area (Å²) in [6, 6.07) is 3.68. The molecule has 1 unspecified atom stereocenters. The SMILES string of the molecule is CC(C)(C)S(=O)/N=C1\CCc2ccc(C(F)(F)F)cc21. The average Bonchev–Trinajstić information content (AvgIpc) is 2.69.